The van der Waals surface area contributed by atoms with Gasteiger partial charge in [0.15, 0.2) is 6.29 Å². The Hall–Kier alpha value is -0.520. The lowest BCUT2D eigenvalue weighted by atomic mass is 10.3. The Labute approximate surface area is 67.9 Å². The van der Waals surface area contributed by atoms with E-state index in [0.717, 1.165) is 38.9 Å². The summed E-state index contributed by atoms with van der Waals surface area (Å²) in [4.78, 5) is 0. The van der Waals surface area contributed by atoms with Crippen molar-refractivity contribution in [1.29, 1.82) is 0 Å². The second kappa shape index (κ2) is 5.17. The molecule has 0 aliphatic carbocycles. The van der Waals surface area contributed by atoms with Gasteiger partial charge in [0.25, 0.3) is 0 Å². The van der Waals surface area contributed by atoms with Crippen molar-refractivity contribution in [3.63, 3.8) is 0 Å². The Morgan fingerprint density at radius 3 is 3.18 bits per heavy atom. The molecule has 0 aromatic carbocycles. The van der Waals surface area contributed by atoms with E-state index in [9.17, 15) is 0 Å². The average molecular weight is 154 g/mol. The largest absolute Gasteiger partial charge is 0.353 e. The number of unbranched alkanes of at least 4 members (excludes halogenated alkanes) is 1. The Bertz CT molecular complexity index is 131. The molecule has 1 rings (SSSR count). The monoisotopic (exact) mass is 154 g/mol. The zero-order valence-electron chi connectivity index (χ0n) is 6.71. The molecule has 0 aromatic heterocycles. The first-order chi connectivity index (χ1) is 5.43. The molecular formula is C9H14O2. The number of hydrogen-bond donors (Lipinski definition) is 0. The number of ether oxygens (including phenoxy) is 2. The molecule has 1 unspecified atom stereocenters. The number of terminal acetylenes is 1. The van der Waals surface area contributed by atoms with E-state index in [2.05, 4.69) is 5.92 Å². The van der Waals surface area contributed by atoms with Gasteiger partial charge in [0.2, 0.25) is 0 Å². The van der Waals surface area contributed by atoms with E-state index >= 15 is 0 Å². The van der Waals surface area contributed by atoms with E-state index in [4.69, 9.17) is 15.9 Å². The van der Waals surface area contributed by atoms with Crippen LogP contribution in [-0.2, 0) is 9.47 Å². The van der Waals surface area contributed by atoms with Crippen molar-refractivity contribution in [2.45, 2.75) is 32.0 Å². The predicted octanol–water partition coefficient (Wildman–Crippen LogP) is 1.55. The van der Waals surface area contributed by atoms with Crippen molar-refractivity contribution in [2.75, 3.05) is 13.2 Å². The average Bonchev–Trinajstić information content (AvgIpc) is 2.50. The lowest BCUT2D eigenvalue weighted by molar-refractivity contribution is -0.111. The van der Waals surface area contributed by atoms with Gasteiger partial charge in [-0.3, -0.25) is 0 Å². The first kappa shape index (κ1) is 8.58. The molecule has 0 amide bonds. The molecule has 0 aromatic rings. The zero-order valence-corrected chi connectivity index (χ0v) is 6.71. The van der Waals surface area contributed by atoms with Crippen LogP contribution in [0.15, 0.2) is 0 Å². The maximum absolute atomic E-state index is 5.39. The minimum Gasteiger partial charge on any atom is -0.353 e. The van der Waals surface area contributed by atoms with Crippen molar-refractivity contribution in [1.82, 2.24) is 0 Å². The molecule has 11 heavy (non-hydrogen) atoms. The number of hydrogen-bond acceptors (Lipinski definition) is 2. The summed E-state index contributed by atoms with van der Waals surface area (Å²) in [5, 5.41) is 0. The fourth-order valence-corrected chi connectivity index (χ4v) is 1.07. The Morgan fingerprint density at radius 1 is 1.64 bits per heavy atom. The van der Waals surface area contributed by atoms with Gasteiger partial charge in [-0.2, -0.15) is 0 Å². The van der Waals surface area contributed by atoms with Crippen LogP contribution in [0.5, 0.6) is 0 Å². The summed E-state index contributed by atoms with van der Waals surface area (Å²) in [5.41, 5.74) is 0. The molecule has 0 spiro atoms. The van der Waals surface area contributed by atoms with Crippen LogP contribution < -0.4 is 0 Å². The molecule has 1 saturated heterocycles. The highest BCUT2D eigenvalue weighted by Gasteiger charge is 2.14. The second-order valence-electron chi connectivity index (χ2n) is 2.62. The lowest BCUT2D eigenvalue weighted by Gasteiger charge is -2.09. The number of rotatable bonds is 4. The second-order valence-corrected chi connectivity index (χ2v) is 2.62. The molecule has 1 atom stereocenters. The molecule has 2 nitrogen and oxygen atoms in total. The van der Waals surface area contributed by atoms with Gasteiger partial charge in [-0.15, -0.1) is 12.3 Å². The molecule has 1 aliphatic rings. The van der Waals surface area contributed by atoms with Gasteiger partial charge in [-0.25, -0.2) is 0 Å². The summed E-state index contributed by atoms with van der Waals surface area (Å²) < 4.78 is 10.6. The van der Waals surface area contributed by atoms with Gasteiger partial charge in [0.05, 0.1) is 6.61 Å². The third-order valence-corrected chi connectivity index (χ3v) is 1.66. The minimum absolute atomic E-state index is 0.0489. The lowest BCUT2D eigenvalue weighted by Crippen LogP contribution is -2.10. The third kappa shape index (κ3) is 3.41. The molecule has 1 heterocycles. The summed E-state index contributed by atoms with van der Waals surface area (Å²) in [6.07, 6.45) is 9.04. The first-order valence-electron chi connectivity index (χ1n) is 4.10. The fraction of sp³-hybridized carbons (Fsp3) is 0.778. The van der Waals surface area contributed by atoms with Crippen LogP contribution >= 0.6 is 0 Å². The molecule has 1 aliphatic heterocycles. The highest BCUT2D eigenvalue weighted by molar-refractivity contribution is 4.82. The van der Waals surface area contributed by atoms with Gasteiger partial charge < -0.3 is 9.47 Å². The van der Waals surface area contributed by atoms with E-state index in [0.29, 0.717) is 0 Å². The smallest absolute Gasteiger partial charge is 0.157 e. The molecule has 0 bridgehead atoms. The van der Waals surface area contributed by atoms with Gasteiger partial charge >= 0.3 is 0 Å². The summed E-state index contributed by atoms with van der Waals surface area (Å²) in [6, 6.07) is 0. The van der Waals surface area contributed by atoms with Crippen LogP contribution in [0.25, 0.3) is 0 Å². The Balaban J connectivity index is 1.90. The highest BCUT2D eigenvalue weighted by Crippen LogP contribution is 2.13. The van der Waals surface area contributed by atoms with Gasteiger partial charge in [0.1, 0.15) is 0 Å². The molecule has 62 valence electrons. The predicted molar refractivity (Wildman–Crippen MR) is 43.0 cm³/mol. The third-order valence-electron chi connectivity index (χ3n) is 1.66. The zero-order chi connectivity index (χ0) is 7.94. The van der Waals surface area contributed by atoms with Crippen molar-refractivity contribution in [2.24, 2.45) is 0 Å². The summed E-state index contributed by atoms with van der Waals surface area (Å²) in [7, 11) is 0. The van der Waals surface area contributed by atoms with E-state index in [1.807, 2.05) is 0 Å². The molecule has 0 N–H and O–H groups in total. The van der Waals surface area contributed by atoms with Crippen LogP contribution in [0.4, 0.5) is 0 Å². The Kier molecular flexibility index (Phi) is 4.03. The fourth-order valence-electron chi connectivity index (χ4n) is 1.07. The van der Waals surface area contributed by atoms with Crippen LogP contribution in [0, 0.1) is 12.3 Å². The van der Waals surface area contributed by atoms with Crippen LogP contribution in [0.1, 0.15) is 25.7 Å². The van der Waals surface area contributed by atoms with E-state index in [-0.39, 0.29) is 6.29 Å². The standard InChI is InChI=1S/C9H14O2/c1-2-3-4-7-10-9-6-5-8-11-9/h1,9H,3-8H2. The van der Waals surface area contributed by atoms with E-state index in [1.165, 1.54) is 0 Å². The van der Waals surface area contributed by atoms with Crippen molar-refractivity contribution in [3.05, 3.63) is 0 Å². The first-order valence-corrected chi connectivity index (χ1v) is 4.10. The highest BCUT2D eigenvalue weighted by atomic mass is 16.7. The molecule has 0 saturated carbocycles. The van der Waals surface area contributed by atoms with E-state index in [1.54, 1.807) is 0 Å². The topological polar surface area (TPSA) is 18.5 Å². The van der Waals surface area contributed by atoms with E-state index < -0.39 is 0 Å². The van der Waals surface area contributed by atoms with Gasteiger partial charge in [-0.1, -0.05) is 0 Å². The quantitative estimate of drug-likeness (QED) is 0.452. The molecule has 1 fully saturated rings. The SMILES string of the molecule is C#CCCCOC1CCCO1. The minimum atomic E-state index is 0.0489. The van der Waals surface area contributed by atoms with Crippen LogP contribution in [0.2, 0.25) is 0 Å². The summed E-state index contributed by atoms with van der Waals surface area (Å²) in [5.74, 6) is 2.57. The normalized spacial score (nSPS) is 23.4. The van der Waals surface area contributed by atoms with Crippen LogP contribution in [0.3, 0.4) is 0 Å². The molecule has 0 radical (unpaired) electrons. The summed E-state index contributed by atoms with van der Waals surface area (Å²) in [6.45, 7) is 1.58. The molecule has 2 heteroatoms. The van der Waals surface area contributed by atoms with Gasteiger partial charge in [0, 0.05) is 19.4 Å². The Morgan fingerprint density at radius 2 is 2.55 bits per heavy atom. The maximum atomic E-state index is 5.39. The molecular weight excluding hydrogens is 140 g/mol. The van der Waals surface area contributed by atoms with Crippen LogP contribution in [-0.4, -0.2) is 19.5 Å². The summed E-state index contributed by atoms with van der Waals surface area (Å²) >= 11 is 0. The van der Waals surface area contributed by atoms with Crippen molar-refractivity contribution < 1.29 is 9.47 Å². The van der Waals surface area contributed by atoms with Gasteiger partial charge in [-0.05, 0) is 12.8 Å². The van der Waals surface area contributed by atoms with Crippen molar-refractivity contribution >= 4 is 0 Å². The maximum Gasteiger partial charge on any atom is 0.157 e. The van der Waals surface area contributed by atoms with Crippen molar-refractivity contribution in [3.8, 4) is 12.3 Å².